The summed E-state index contributed by atoms with van der Waals surface area (Å²) in [6.07, 6.45) is 5.83. The van der Waals surface area contributed by atoms with Gasteiger partial charge in [-0.1, -0.05) is 25.1 Å². The average molecular weight is 332 g/mol. The molecule has 0 fully saturated rings. The van der Waals surface area contributed by atoms with Gasteiger partial charge in [0.2, 0.25) is 5.91 Å². The average Bonchev–Trinajstić information content (AvgIpc) is 2.54. The second-order valence-corrected chi connectivity index (χ2v) is 6.69. The van der Waals surface area contributed by atoms with Gasteiger partial charge in [-0.25, -0.2) is 5.43 Å². The van der Waals surface area contributed by atoms with Gasteiger partial charge < -0.3 is 4.74 Å². The molecule has 1 amide bonds. The molecule has 1 heterocycles. The van der Waals surface area contributed by atoms with Crippen molar-refractivity contribution in [2.45, 2.75) is 18.2 Å². The van der Waals surface area contributed by atoms with E-state index in [1.54, 1.807) is 19.3 Å². The van der Waals surface area contributed by atoms with E-state index in [4.69, 9.17) is 4.74 Å². The maximum atomic E-state index is 12.1. The van der Waals surface area contributed by atoms with E-state index < -0.39 is 10.8 Å². The van der Waals surface area contributed by atoms with Gasteiger partial charge in [-0.3, -0.25) is 9.00 Å². The lowest BCUT2D eigenvalue weighted by Crippen LogP contribution is -2.30. The highest BCUT2D eigenvalue weighted by atomic mass is 32.2. The van der Waals surface area contributed by atoms with Crippen LogP contribution >= 0.6 is 0 Å². The molecule has 0 saturated carbocycles. The summed E-state index contributed by atoms with van der Waals surface area (Å²) in [5, 5.41) is 4.06. The molecule has 1 aliphatic heterocycles. The lowest BCUT2D eigenvalue weighted by Gasteiger charge is -2.16. The lowest BCUT2D eigenvalue weighted by molar-refractivity contribution is -0.121. The van der Waals surface area contributed by atoms with Crippen LogP contribution in [0.15, 0.2) is 46.9 Å². The smallest absolute Gasteiger partial charge is 0.240 e. The van der Waals surface area contributed by atoms with Gasteiger partial charge in [-0.05, 0) is 23.8 Å². The van der Waals surface area contributed by atoms with Crippen LogP contribution in [-0.4, -0.2) is 28.7 Å². The normalized spacial score (nSPS) is 19.1. The fraction of sp³-hybridized carbons (Fsp3) is 0.294. The topological polar surface area (TPSA) is 67.8 Å². The molecule has 1 aromatic carbocycles. The van der Waals surface area contributed by atoms with Gasteiger partial charge in [-0.15, -0.1) is 6.58 Å². The molecule has 2 atom stereocenters. The molecule has 6 heteroatoms. The van der Waals surface area contributed by atoms with E-state index in [1.165, 1.54) is 0 Å². The maximum Gasteiger partial charge on any atom is 0.240 e. The van der Waals surface area contributed by atoms with Crippen LogP contribution in [-0.2, 0) is 15.6 Å². The highest BCUT2D eigenvalue weighted by Gasteiger charge is 2.18. The minimum Gasteiger partial charge on any atom is -0.495 e. The van der Waals surface area contributed by atoms with E-state index in [9.17, 15) is 9.00 Å². The SMILES string of the molecule is C=CCS(=O)c1ccc(C=CC2=NNC(=O)CC2C)cc1OC. The molecule has 23 heavy (non-hydrogen) atoms. The van der Waals surface area contributed by atoms with Gasteiger partial charge >= 0.3 is 0 Å². The predicted molar refractivity (Wildman–Crippen MR) is 92.9 cm³/mol. The number of nitrogens with one attached hydrogen (secondary N) is 1. The summed E-state index contributed by atoms with van der Waals surface area (Å²) in [6.45, 7) is 5.57. The first-order valence-electron chi connectivity index (χ1n) is 7.27. The van der Waals surface area contributed by atoms with Crippen LogP contribution in [0.25, 0.3) is 6.08 Å². The number of amides is 1. The van der Waals surface area contributed by atoms with Crippen molar-refractivity contribution >= 4 is 28.5 Å². The molecule has 0 aromatic heterocycles. The standard InChI is InChI=1S/C17H20N2O3S/c1-4-9-23(21)16-8-6-13(11-15(16)22-3)5-7-14-12(2)10-17(20)19-18-14/h4-8,11-12H,1,9-10H2,2-3H3,(H,19,20). The second kappa shape index (κ2) is 7.87. The Kier molecular flexibility index (Phi) is 5.87. The van der Waals surface area contributed by atoms with E-state index >= 15 is 0 Å². The molecule has 2 rings (SSSR count). The first-order chi connectivity index (χ1) is 11.0. The number of carbonyl (C=O) groups is 1. The van der Waals surface area contributed by atoms with E-state index in [1.807, 2.05) is 31.2 Å². The lowest BCUT2D eigenvalue weighted by atomic mass is 9.99. The van der Waals surface area contributed by atoms with Gasteiger partial charge in [-0.2, -0.15) is 5.10 Å². The Morgan fingerprint density at radius 2 is 2.26 bits per heavy atom. The quantitative estimate of drug-likeness (QED) is 0.814. The predicted octanol–water partition coefficient (Wildman–Crippen LogP) is 2.51. The van der Waals surface area contributed by atoms with E-state index in [-0.39, 0.29) is 11.8 Å². The van der Waals surface area contributed by atoms with Crippen molar-refractivity contribution in [3.8, 4) is 5.75 Å². The summed E-state index contributed by atoms with van der Waals surface area (Å²) in [7, 11) is 0.396. The molecule has 0 aliphatic carbocycles. The van der Waals surface area contributed by atoms with Crippen LogP contribution in [0.1, 0.15) is 18.9 Å². The van der Waals surface area contributed by atoms with E-state index in [2.05, 4.69) is 17.1 Å². The molecule has 1 aliphatic rings. The van der Waals surface area contributed by atoms with Gasteiger partial charge in [0.25, 0.3) is 0 Å². The van der Waals surface area contributed by atoms with Crippen molar-refractivity contribution in [3.63, 3.8) is 0 Å². The van der Waals surface area contributed by atoms with Crippen molar-refractivity contribution in [1.29, 1.82) is 0 Å². The number of allylic oxidation sites excluding steroid dienone is 1. The summed E-state index contributed by atoms with van der Waals surface area (Å²) in [5.41, 5.74) is 4.22. The van der Waals surface area contributed by atoms with E-state index in [0.717, 1.165) is 11.3 Å². The first kappa shape index (κ1) is 17.1. The van der Waals surface area contributed by atoms with Gasteiger partial charge in [0, 0.05) is 18.1 Å². The third-order valence-electron chi connectivity index (χ3n) is 3.45. The third kappa shape index (κ3) is 4.39. The number of rotatable bonds is 6. The molecule has 1 aromatic rings. The second-order valence-electron chi connectivity index (χ2n) is 5.22. The number of hydrogen-bond acceptors (Lipinski definition) is 4. The third-order valence-corrected chi connectivity index (χ3v) is 4.82. The van der Waals surface area contributed by atoms with Crippen molar-refractivity contribution in [2.75, 3.05) is 12.9 Å². The minimum atomic E-state index is -1.16. The Hall–Kier alpha value is -2.21. The van der Waals surface area contributed by atoms with Gasteiger partial charge in [0.05, 0.1) is 28.5 Å². The summed E-state index contributed by atoms with van der Waals surface area (Å²) in [6, 6.07) is 5.51. The number of ether oxygens (including phenoxy) is 1. The fourth-order valence-electron chi connectivity index (χ4n) is 2.22. The van der Waals surface area contributed by atoms with Crippen LogP contribution in [0.4, 0.5) is 0 Å². The van der Waals surface area contributed by atoms with E-state index in [0.29, 0.717) is 22.8 Å². The summed E-state index contributed by atoms with van der Waals surface area (Å²) < 4.78 is 17.4. The molecular formula is C17H20N2O3S. The summed E-state index contributed by atoms with van der Waals surface area (Å²) in [4.78, 5) is 11.9. The Labute approximate surface area is 138 Å². The molecule has 0 spiro atoms. The highest BCUT2D eigenvalue weighted by Crippen LogP contribution is 2.25. The maximum absolute atomic E-state index is 12.1. The van der Waals surface area contributed by atoms with Crippen LogP contribution in [0.2, 0.25) is 0 Å². The van der Waals surface area contributed by atoms with Crippen molar-refractivity contribution in [2.24, 2.45) is 11.0 Å². The zero-order valence-corrected chi connectivity index (χ0v) is 14.1. The molecule has 1 N–H and O–H groups in total. The van der Waals surface area contributed by atoms with Crippen molar-refractivity contribution in [3.05, 3.63) is 42.5 Å². The Balaban J connectivity index is 2.21. The van der Waals surface area contributed by atoms with Gasteiger partial charge in [0.15, 0.2) is 0 Å². The van der Waals surface area contributed by atoms with Crippen molar-refractivity contribution in [1.82, 2.24) is 5.43 Å². The van der Waals surface area contributed by atoms with Crippen LogP contribution < -0.4 is 10.2 Å². The van der Waals surface area contributed by atoms with Crippen molar-refractivity contribution < 1.29 is 13.7 Å². The zero-order valence-electron chi connectivity index (χ0n) is 13.2. The molecule has 0 bridgehead atoms. The molecule has 2 unspecified atom stereocenters. The van der Waals surface area contributed by atoms with Crippen LogP contribution in [0, 0.1) is 5.92 Å². The summed E-state index contributed by atoms with van der Waals surface area (Å²) in [5.74, 6) is 0.991. The highest BCUT2D eigenvalue weighted by molar-refractivity contribution is 7.85. The zero-order chi connectivity index (χ0) is 16.8. The Bertz CT molecular complexity index is 695. The van der Waals surface area contributed by atoms with Crippen LogP contribution in [0.5, 0.6) is 5.75 Å². The minimum absolute atomic E-state index is 0.0645. The number of methoxy groups -OCH3 is 1. The number of carbonyl (C=O) groups excluding carboxylic acids is 1. The number of hydrogen-bond donors (Lipinski definition) is 1. The number of hydrazone groups is 1. The summed E-state index contributed by atoms with van der Waals surface area (Å²) >= 11 is 0. The molecule has 5 nitrogen and oxygen atoms in total. The Morgan fingerprint density at radius 3 is 2.91 bits per heavy atom. The number of benzene rings is 1. The monoisotopic (exact) mass is 332 g/mol. The molecular weight excluding hydrogens is 312 g/mol. The Morgan fingerprint density at radius 1 is 1.48 bits per heavy atom. The molecule has 122 valence electrons. The fourth-order valence-corrected chi connectivity index (χ4v) is 3.20. The largest absolute Gasteiger partial charge is 0.495 e. The first-order valence-corrected chi connectivity index (χ1v) is 8.59. The van der Waals surface area contributed by atoms with Crippen LogP contribution in [0.3, 0.4) is 0 Å². The number of nitrogens with zero attached hydrogens (tertiary/aromatic N) is 1. The van der Waals surface area contributed by atoms with Gasteiger partial charge in [0.1, 0.15) is 5.75 Å². The molecule has 0 radical (unpaired) electrons. The molecule has 0 saturated heterocycles.